The van der Waals surface area contributed by atoms with Gasteiger partial charge in [-0.25, -0.2) is 0 Å². The molecule has 0 spiro atoms. The third kappa shape index (κ3) is 4.62. The molecule has 7 nitrogen and oxygen atoms in total. The Bertz CT molecular complexity index is 318. The second kappa shape index (κ2) is 8.46. The van der Waals surface area contributed by atoms with E-state index in [0.717, 1.165) is 0 Å². The van der Waals surface area contributed by atoms with E-state index < -0.39 is 37.3 Å². The lowest BCUT2D eigenvalue weighted by Gasteiger charge is -2.39. The van der Waals surface area contributed by atoms with Crippen LogP contribution in [-0.2, 0) is 14.3 Å². The minimum absolute atomic E-state index is 0.0437. The van der Waals surface area contributed by atoms with E-state index in [2.05, 4.69) is 6.58 Å². The van der Waals surface area contributed by atoms with Gasteiger partial charge in [0.15, 0.2) is 12.1 Å². The summed E-state index contributed by atoms with van der Waals surface area (Å²) in [5.74, 6) is -0.0437. The van der Waals surface area contributed by atoms with Crippen molar-refractivity contribution in [1.29, 1.82) is 0 Å². The summed E-state index contributed by atoms with van der Waals surface area (Å²) < 4.78 is 10.4. The van der Waals surface area contributed by atoms with E-state index in [1.807, 2.05) is 0 Å². The number of carbonyl (C=O) groups is 1. The number of hydrogen-bond donors (Lipinski definition) is 4. The van der Waals surface area contributed by atoms with Crippen LogP contribution >= 0.6 is 0 Å². The van der Waals surface area contributed by atoms with Crippen molar-refractivity contribution in [3.05, 3.63) is 12.7 Å². The van der Waals surface area contributed by atoms with Crippen LogP contribution in [0.15, 0.2) is 12.7 Å². The van der Waals surface area contributed by atoms with Crippen LogP contribution in [0.4, 0.5) is 0 Å². The first kappa shape index (κ1) is 17.2. The fraction of sp³-hybridized carbons (Fsp3) is 0.769. The van der Waals surface area contributed by atoms with Crippen molar-refractivity contribution in [2.24, 2.45) is 0 Å². The van der Waals surface area contributed by atoms with Crippen LogP contribution in [-0.4, -0.2) is 70.1 Å². The second-order valence-corrected chi connectivity index (χ2v) is 4.70. The van der Waals surface area contributed by atoms with E-state index in [4.69, 9.17) is 14.6 Å². The van der Waals surface area contributed by atoms with Gasteiger partial charge in [0.1, 0.15) is 24.4 Å². The average Bonchev–Trinajstić information content (AvgIpc) is 2.46. The van der Waals surface area contributed by atoms with Gasteiger partial charge < -0.3 is 29.9 Å². The predicted octanol–water partition coefficient (Wildman–Crippen LogP) is -1.27. The summed E-state index contributed by atoms with van der Waals surface area (Å²) in [7, 11) is 0. The molecule has 0 radical (unpaired) electrons. The Kier molecular flexibility index (Phi) is 7.28. The van der Waals surface area contributed by atoms with Gasteiger partial charge in [0.25, 0.3) is 0 Å². The Morgan fingerprint density at radius 3 is 2.50 bits per heavy atom. The molecule has 0 saturated carbocycles. The van der Waals surface area contributed by atoms with Crippen LogP contribution in [0.2, 0.25) is 0 Å². The summed E-state index contributed by atoms with van der Waals surface area (Å²) >= 11 is 0. The molecule has 116 valence electrons. The summed E-state index contributed by atoms with van der Waals surface area (Å²) in [4.78, 5) is 11.0. The highest BCUT2D eigenvalue weighted by molar-refractivity contribution is 5.88. The van der Waals surface area contributed by atoms with Gasteiger partial charge >= 0.3 is 0 Å². The number of ketones is 1. The van der Waals surface area contributed by atoms with Crippen molar-refractivity contribution in [2.75, 3.05) is 13.2 Å². The summed E-state index contributed by atoms with van der Waals surface area (Å²) in [5.41, 5.74) is 0. The molecule has 1 aliphatic rings. The van der Waals surface area contributed by atoms with Crippen molar-refractivity contribution >= 4 is 5.78 Å². The Labute approximate surface area is 117 Å². The molecular formula is C13H22O7. The molecule has 0 bridgehead atoms. The second-order valence-electron chi connectivity index (χ2n) is 4.70. The Balaban J connectivity index is 2.31. The van der Waals surface area contributed by atoms with Gasteiger partial charge in [0.05, 0.1) is 6.61 Å². The SMILES string of the molecule is C=CC(=O)CCCCOC1OC(CO)C(O)C(O)C1O. The van der Waals surface area contributed by atoms with Crippen molar-refractivity contribution in [1.82, 2.24) is 0 Å². The maximum Gasteiger partial charge on any atom is 0.186 e. The molecule has 1 aliphatic heterocycles. The van der Waals surface area contributed by atoms with E-state index in [1.165, 1.54) is 6.08 Å². The van der Waals surface area contributed by atoms with E-state index in [-0.39, 0.29) is 12.4 Å². The zero-order chi connectivity index (χ0) is 15.1. The third-order valence-corrected chi connectivity index (χ3v) is 3.18. The number of hydrogen-bond acceptors (Lipinski definition) is 7. The predicted molar refractivity (Wildman–Crippen MR) is 68.8 cm³/mol. The van der Waals surface area contributed by atoms with Crippen LogP contribution in [0.25, 0.3) is 0 Å². The Morgan fingerprint density at radius 1 is 1.20 bits per heavy atom. The van der Waals surface area contributed by atoms with E-state index in [0.29, 0.717) is 19.3 Å². The molecule has 4 N–H and O–H groups in total. The van der Waals surface area contributed by atoms with Gasteiger partial charge in [0, 0.05) is 13.0 Å². The van der Waals surface area contributed by atoms with Crippen molar-refractivity contribution in [3.8, 4) is 0 Å². The smallest absolute Gasteiger partial charge is 0.186 e. The number of rotatable bonds is 8. The van der Waals surface area contributed by atoms with Crippen LogP contribution in [0.1, 0.15) is 19.3 Å². The highest BCUT2D eigenvalue weighted by Crippen LogP contribution is 2.22. The zero-order valence-electron chi connectivity index (χ0n) is 11.2. The van der Waals surface area contributed by atoms with Gasteiger partial charge in [0.2, 0.25) is 0 Å². The fourth-order valence-corrected chi connectivity index (χ4v) is 1.91. The summed E-state index contributed by atoms with van der Waals surface area (Å²) in [6.45, 7) is 3.11. The number of aliphatic hydroxyl groups excluding tert-OH is 4. The molecule has 0 aromatic heterocycles. The molecule has 0 aromatic rings. The van der Waals surface area contributed by atoms with Crippen LogP contribution in [0.3, 0.4) is 0 Å². The van der Waals surface area contributed by atoms with E-state index in [9.17, 15) is 20.1 Å². The lowest BCUT2D eigenvalue weighted by Crippen LogP contribution is -2.59. The highest BCUT2D eigenvalue weighted by Gasteiger charge is 2.43. The van der Waals surface area contributed by atoms with E-state index >= 15 is 0 Å². The molecule has 0 aromatic carbocycles. The van der Waals surface area contributed by atoms with Crippen molar-refractivity contribution in [3.63, 3.8) is 0 Å². The maximum absolute atomic E-state index is 11.0. The molecule has 0 amide bonds. The lowest BCUT2D eigenvalue weighted by atomic mass is 9.99. The number of unbranched alkanes of at least 4 members (excludes halogenated alkanes) is 1. The molecule has 20 heavy (non-hydrogen) atoms. The lowest BCUT2D eigenvalue weighted by molar-refractivity contribution is -0.301. The first-order chi connectivity index (χ1) is 9.51. The quantitative estimate of drug-likeness (QED) is 0.325. The first-order valence-corrected chi connectivity index (χ1v) is 6.58. The minimum Gasteiger partial charge on any atom is -0.394 e. The van der Waals surface area contributed by atoms with E-state index in [1.54, 1.807) is 0 Å². The Morgan fingerprint density at radius 2 is 1.90 bits per heavy atom. The average molecular weight is 290 g/mol. The standard InChI is InChI=1S/C13H22O7/c1-2-8(15)5-3-4-6-19-13-12(18)11(17)10(16)9(7-14)20-13/h2,9-14,16-18H,1,3-7H2. The van der Waals surface area contributed by atoms with Crippen LogP contribution in [0.5, 0.6) is 0 Å². The monoisotopic (exact) mass is 290 g/mol. The molecule has 1 heterocycles. The van der Waals surface area contributed by atoms with Gasteiger partial charge in [-0.3, -0.25) is 4.79 Å². The van der Waals surface area contributed by atoms with Crippen LogP contribution < -0.4 is 0 Å². The number of aliphatic hydroxyl groups is 4. The molecule has 5 unspecified atom stereocenters. The molecule has 0 aliphatic carbocycles. The molecular weight excluding hydrogens is 268 g/mol. The first-order valence-electron chi connectivity index (χ1n) is 6.58. The zero-order valence-corrected chi connectivity index (χ0v) is 11.2. The highest BCUT2D eigenvalue weighted by atomic mass is 16.7. The Hall–Kier alpha value is -0.830. The molecule has 5 atom stereocenters. The maximum atomic E-state index is 11.0. The van der Waals surface area contributed by atoms with Gasteiger partial charge in [-0.2, -0.15) is 0 Å². The summed E-state index contributed by atoms with van der Waals surface area (Å²) in [5, 5.41) is 37.8. The van der Waals surface area contributed by atoms with Crippen LogP contribution in [0, 0.1) is 0 Å². The normalized spacial score (nSPS) is 33.9. The number of ether oxygens (including phenoxy) is 2. The number of allylic oxidation sites excluding steroid dienone is 1. The fourth-order valence-electron chi connectivity index (χ4n) is 1.91. The summed E-state index contributed by atoms with van der Waals surface area (Å²) in [6.07, 6.45) is -3.46. The molecule has 1 saturated heterocycles. The summed E-state index contributed by atoms with van der Waals surface area (Å²) in [6, 6.07) is 0. The van der Waals surface area contributed by atoms with Gasteiger partial charge in [-0.15, -0.1) is 0 Å². The largest absolute Gasteiger partial charge is 0.394 e. The molecule has 1 fully saturated rings. The molecule has 7 heteroatoms. The topological polar surface area (TPSA) is 116 Å². The van der Waals surface area contributed by atoms with Crippen molar-refractivity contribution < 1.29 is 34.7 Å². The van der Waals surface area contributed by atoms with Gasteiger partial charge in [-0.1, -0.05) is 6.58 Å². The molecule has 1 rings (SSSR count). The van der Waals surface area contributed by atoms with Crippen molar-refractivity contribution in [2.45, 2.75) is 50.0 Å². The third-order valence-electron chi connectivity index (χ3n) is 3.18. The minimum atomic E-state index is -1.44. The number of carbonyl (C=O) groups excluding carboxylic acids is 1. The van der Waals surface area contributed by atoms with Gasteiger partial charge in [-0.05, 0) is 18.9 Å².